The molecule has 0 radical (unpaired) electrons. The Balaban J connectivity index is 1.49. The van der Waals surface area contributed by atoms with Gasteiger partial charge in [0.1, 0.15) is 23.7 Å². The van der Waals surface area contributed by atoms with E-state index in [0.717, 1.165) is 29.5 Å². The van der Waals surface area contributed by atoms with Crippen LogP contribution in [-0.2, 0) is 34.5 Å². The van der Waals surface area contributed by atoms with Gasteiger partial charge in [0, 0.05) is 62.6 Å². The Labute approximate surface area is 248 Å². The lowest BCUT2D eigenvalue weighted by Gasteiger charge is -2.42. The number of ether oxygens (including phenoxy) is 1. The van der Waals surface area contributed by atoms with Gasteiger partial charge in [-0.2, -0.15) is 0 Å². The summed E-state index contributed by atoms with van der Waals surface area (Å²) < 4.78 is 34.5. The van der Waals surface area contributed by atoms with Crippen LogP contribution in [0, 0.1) is 11.8 Å². The normalized spacial score (nSPS) is 22.4. The van der Waals surface area contributed by atoms with Gasteiger partial charge in [0.05, 0.1) is 6.04 Å². The van der Waals surface area contributed by atoms with Crippen LogP contribution in [0.2, 0.25) is 5.02 Å². The zero-order valence-corrected chi connectivity index (χ0v) is 24.7. The minimum atomic E-state index is -2.77. The number of likely N-dealkylation sites (tertiary alicyclic amines) is 1. The molecular weight excluding hydrogens is 570 g/mol. The van der Waals surface area contributed by atoms with Gasteiger partial charge in [-0.25, -0.2) is 13.5 Å². The first kappa shape index (κ1) is 30.2. The van der Waals surface area contributed by atoms with Gasteiger partial charge in [0.15, 0.2) is 0 Å². The molecule has 3 atom stereocenters. The molecule has 1 aliphatic carbocycles. The molecule has 228 valence electrons. The van der Waals surface area contributed by atoms with Gasteiger partial charge in [0.25, 0.3) is 6.43 Å². The maximum absolute atomic E-state index is 14.2. The molecular formula is C29H37ClF2N6O4. The maximum atomic E-state index is 14.2. The number of carbonyl (C=O) groups excluding carboxylic acids is 3. The Morgan fingerprint density at radius 3 is 2.60 bits per heavy atom. The van der Waals surface area contributed by atoms with E-state index in [1.54, 1.807) is 19.2 Å². The highest BCUT2D eigenvalue weighted by atomic mass is 35.5. The SMILES string of the molecule is CNC(=O)[C@H]1CCCC[C@H]1C(=O)N1CCc2c(Cl)ccc(OCc3nnn(C)c3C(F)F)c2[C@H]1CCN1CCCC1=O. The number of nitrogens with one attached hydrogen (secondary N) is 1. The van der Waals surface area contributed by atoms with Crippen LogP contribution in [0.25, 0.3) is 0 Å². The standard InChI is InChI=1S/C29H37ClF2N6O4/c1-33-28(40)17-6-3-4-7-18(17)29(41)38-15-11-19-20(30)9-10-23(42-16-21-26(27(31)32)36(2)35-34-21)25(19)22(38)12-14-37-13-5-8-24(37)39/h9-10,17-18,22,27H,3-8,11-16H2,1-2H3,(H,33,40)/t17-,18+,22+/m0/s1. The van der Waals surface area contributed by atoms with Gasteiger partial charge in [-0.3, -0.25) is 14.4 Å². The molecule has 1 saturated heterocycles. The van der Waals surface area contributed by atoms with Crippen molar-refractivity contribution in [3.05, 3.63) is 39.7 Å². The van der Waals surface area contributed by atoms with E-state index in [9.17, 15) is 23.2 Å². The second-order valence-electron chi connectivity index (χ2n) is 11.3. The van der Waals surface area contributed by atoms with Crippen LogP contribution in [-0.4, -0.2) is 69.2 Å². The summed E-state index contributed by atoms with van der Waals surface area (Å²) in [6.07, 6.45) is 2.48. The Kier molecular flexibility index (Phi) is 9.29. The van der Waals surface area contributed by atoms with Gasteiger partial charge in [-0.05, 0) is 49.8 Å². The number of nitrogens with zero attached hydrogens (tertiary/aromatic N) is 5. The molecule has 1 aromatic heterocycles. The fraction of sp³-hybridized carbons (Fsp3) is 0.621. The van der Waals surface area contributed by atoms with Crippen LogP contribution in [0.4, 0.5) is 8.78 Å². The first-order chi connectivity index (χ1) is 20.2. The number of benzene rings is 1. The number of carbonyl (C=O) groups is 3. The summed E-state index contributed by atoms with van der Waals surface area (Å²) >= 11 is 6.68. The van der Waals surface area contributed by atoms with Crippen molar-refractivity contribution in [3.63, 3.8) is 0 Å². The number of hydrogen-bond acceptors (Lipinski definition) is 6. The van der Waals surface area contributed by atoms with E-state index in [0.29, 0.717) is 68.1 Å². The van der Waals surface area contributed by atoms with Crippen LogP contribution < -0.4 is 10.1 Å². The smallest absolute Gasteiger partial charge is 0.282 e. The van der Waals surface area contributed by atoms with E-state index in [1.165, 1.54) is 7.05 Å². The van der Waals surface area contributed by atoms with E-state index < -0.39 is 24.3 Å². The molecule has 2 aromatic rings. The first-order valence-electron chi connectivity index (χ1n) is 14.6. The summed E-state index contributed by atoms with van der Waals surface area (Å²) in [5, 5.41) is 10.8. The summed E-state index contributed by atoms with van der Waals surface area (Å²) in [6.45, 7) is 1.27. The van der Waals surface area contributed by atoms with E-state index >= 15 is 0 Å². The third kappa shape index (κ3) is 5.95. The van der Waals surface area contributed by atoms with Crippen molar-refractivity contribution in [3.8, 4) is 5.75 Å². The van der Waals surface area contributed by atoms with Crippen molar-refractivity contribution in [1.82, 2.24) is 30.1 Å². The quantitative estimate of drug-likeness (QED) is 0.463. The third-order valence-electron chi connectivity index (χ3n) is 8.88. The van der Waals surface area contributed by atoms with Crippen LogP contribution in [0.1, 0.15) is 79.9 Å². The van der Waals surface area contributed by atoms with E-state index in [-0.39, 0.29) is 35.7 Å². The predicted molar refractivity (Wildman–Crippen MR) is 150 cm³/mol. The molecule has 3 aliphatic rings. The number of rotatable bonds is 9. The number of alkyl halides is 2. The van der Waals surface area contributed by atoms with Crippen molar-refractivity contribution in [2.24, 2.45) is 18.9 Å². The largest absolute Gasteiger partial charge is 0.487 e. The van der Waals surface area contributed by atoms with E-state index in [1.807, 2.05) is 9.80 Å². The van der Waals surface area contributed by atoms with Gasteiger partial charge in [0.2, 0.25) is 17.7 Å². The monoisotopic (exact) mass is 606 g/mol. The molecule has 1 N–H and O–H groups in total. The van der Waals surface area contributed by atoms with Gasteiger partial charge in [-0.1, -0.05) is 29.7 Å². The Morgan fingerprint density at radius 2 is 1.90 bits per heavy atom. The molecule has 5 rings (SSSR count). The van der Waals surface area contributed by atoms with Crippen molar-refractivity contribution in [1.29, 1.82) is 0 Å². The second-order valence-corrected chi connectivity index (χ2v) is 11.7. The summed E-state index contributed by atoms with van der Waals surface area (Å²) in [4.78, 5) is 43.1. The first-order valence-corrected chi connectivity index (χ1v) is 15.0. The topological polar surface area (TPSA) is 110 Å². The highest BCUT2D eigenvalue weighted by Gasteiger charge is 2.42. The predicted octanol–water partition coefficient (Wildman–Crippen LogP) is 3.98. The van der Waals surface area contributed by atoms with Crippen LogP contribution in [0.5, 0.6) is 5.75 Å². The number of amides is 3. The van der Waals surface area contributed by atoms with E-state index in [4.69, 9.17) is 16.3 Å². The second kappa shape index (κ2) is 12.9. The number of fused-ring (bicyclic) bond motifs is 1. The summed E-state index contributed by atoms with van der Waals surface area (Å²) in [5.41, 5.74) is 1.24. The number of aromatic nitrogens is 3. The number of aryl methyl sites for hydroxylation is 1. The molecule has 1 saturated carbocycles. The highest BCUT2D eigenvalue weighted by molar-refractivity contribution is 6.31. The zero-order chi connectivity index (χ0) is 30.0. The van der Waals surface area contributed by atoms with Crippen molar-refractivity contribution < 1.29 is 27.9 Å². The van der Waals surface area contributed by atoms with Crippen molar-refractivity contribution in [2.45, 2.75) is 70.4 Å². The lowest BCUT2D eigenvalue weighted by Crippen LogP contribution is -2.48. The Bertz CT molecular complexity index is 1340. The van der Waals surface area contributed by atoms with Crippen LogP contribution in [0.15, 0.2) is 12.1 Å². The van der Waals surface area contributed by atoms with Crippen LogP contribution in [0.3, 0.4) is 0 Å². The molecule has 0 unspecified atom stereocenters. The lowest BCUT2D eigenvalue weighted by atomic mass is 9.77. The maximum Gasteiger partial charge on any atom is 0.282 e. The Hall–Kier alpha value is -3.28. The molecule has 3 heterocycles. The van der Waals surface area contributed by atoms with Gasteiger partial charge < -0.3 is 19.9 Å². The average molecular weight is 607 g/mol. The highest BCUT2D eigenvalue weighted by Crippen LogP contribution is 2.44. The molecule has 13 heteroatoms. The van der Waals surface area contributed by atoms with Crippen LogP contribution >= 0.6 is 11.6 Å². The summed E-state index contributed by atoms with van der Waals surface area (Å²) in [6, 6.07) is 2.92. The molecule has 2 aliphatic heterocycles. The average Bonchev–Trinajstić information content (AvgIpc) is 3.58. The molecule has 0 spiro atoms. The third-order valence-corrected chi connectivity index (χ3v) is 9.23. The van der Waals surface area contributed by atoms with Crippen molar-refractivity contribution >= 4 is 29.3 Å². The molecule has 10 nitrogen and oxygen atoms in total. The fourth-order valence-corrected chi connectivity index (χ4v) is 7.01. The van der Waals surface area contributed by atoms with Crippen molar-refractivity contribution in [2.75, 3.05) is 26.7 Å². The van der Waals surface area contributed by atoms with Gasteiger partial charge >= 0.3 is 0 Å². The lowest BCUT2D eigenvalue weighted by molar-refractivity contribution is -0.146. The zero-order valence-electron chi connectivity index (χ0n) is 24.0. The molecule has 3 amide bonds. The molecule has 0 bridgehead atoms. The minimum absolute atomic E-state index is 0.0229. The molecule has 1 aromatic carbocycles. The Morgan fingerprint density at radius 1 is 1.14 bits per heavy atom. The minimum Gasteiger partial charge on any atom is -0.487 e. The number of hydrogen-bond donors (Lipinski definition) is 1. The van der Waals surface area contributed by atoms with Gasteiger partial charge in [-0.15, -0.1) is 5.10 Å². The summed E-state index contributed by atoms with van der Waals surface area (Å²) in [5.74, 6) is -0.574. The van der Waals surface area contributed by atoms with E-state index in [2.05, 4.69) is 15.6 Å². The summed E-state index contributed by atoms with van der Waals surface area (Å²) in [7, 11) is 2.99. The number of halogens is 3. The fourth-order valence-electron chi connectivity index (χ4n) is 6.75. The molecule has 42 heavy (non-hydrogen) atoms. The molecule has 2 fully saturated rings.